The van der Waals surface area contributed by atoms with Gasteiger partial charge in [0.2, 0.25) is 0 Å². The monoisotopic (exact) mass is 109 g/mol. The molecule has 0 aliphatic rings. The molecule has 1 atom stereocenters. The molecule has 0 aliphatic heterocycles. The average Bonchev–Trinajstić information content (AvgIpc) is 1.35. The first-order valence-corrected chi connectivity index (χ1v) is 4.15. The van der Waals surface area contributed by atoms with Gasteiger partial charge in [-0.05, 0) is 6.66 Å². The Hall–Kier alpha value is 0.190. The number of nitrogens with two attached hydrogens (primary N) is 1. The summed E-state index contributed by atoms with van der Waals surface area (Å²) in [5, 5.41) is 0. The largest absolute Gasteiger partial charge is 0.325 e. The Bertz CT molecular complexity index is 74.9. The Balaban J connectivity index is 3.48. The minimum absolute atomic E-state index is 0.104. The molecule has 0 spiro atoms. The zero-order chi connectivity index (χ0) is 5.21. The molecule has 3 heteroatoms. The van der Waals surface area contributed by atoms with E-state index in [1.807, 2.05) is 0 Å². The van der Waals surface area contributed by atoms with Gasteiger partial charge in [0.1, 0.15) is 0 Å². The molecule has 0 bridgehead atoms. The second-order valence-corrected chi connectivity index (χ2v) is 4.34. The van der Waals surface area contributed by atoms with E-state index in [4.69, 9.17) is 5.73 Å². The van der Waals surface area contributed by atoms with Gasteiger partial charge in [0.15, 0.2) is 0 Å². The van der Waals surface area contributed by atoms with Crippen LogP contribution in [-0.2, 0) is 0 Å². The highest BCUT2D eigenvalue weighted by Crippen LogP contribution is 2.38. The van der Waals surface area contributed by atoms with Crippen molar-refractivity contribution in [3.8, 4) is 0 Å². The Morgan fingerprint density at radius 1 is 2.00 bits per heavy atom. The molecule has 0 radical (unpaired) electrons. The third-order valence-electron chi connectivity index (χ3n) is 0.381. The number of hydrogen-bond acceptors (Lipinski definition) is 1. The fraction of sp³-hybridized carbons (Fsp3) is 0.667. The van der Waals surface area contributed by atoms with Gasteiger partial charge in [-0.1, -0.05) is 6.30 Å². The van der Waals surface area contributed by atoms with Gasteiger partial charge in [0.05, 0.1) is 7.20 Å². The van der Waals surface area contributed by atoms with Gasteiger partial charge in [0, 0.05) is 6.29 Å². The van der Waals surface area contributed by atoms with Gasteiger partial charge in [-0.25, -0.2) is 4.20 Å². The van der Waals surface area contributed by atoms with Gasteiger partial charge >= 0.3 is 0 Å². The Kier molecular flexibility index (Phi) is 1.82. The van der Waals surface area contributed by atoms with Crippen LogP contribution in [0, 0.1) is 0 Å². The van der Waals surface area contributed by atoms with Crippen molar-refractivity contribution in [1.29, 1.82) is 0 Å². The number of halogens is 1. The Labute approximate surface area is 37.4 Å². The van der Waals surface area contributed by atoms with Crippen LogP contribution >= 0.6 is 7.20 Å². The van der Waals surface area contributed by atoms with Crippen LogP contribution < -0.4 is 5.73 Å². The summed E-state index contributed by atoms with van der Waals surface area (Å²) in [5.74, 6) is 0. The molecular formula is C3H9FNP. The van der Waals surface area contributed by atoms with E-state index in [1.54, 1.807) is 0 Å². The lowest BCUT2D eigenvalue weighted by atomic mass is 11.5. The van der Waals surface area contributed by atoms with Crippen LogP contribution in [0.5, 0.6) is 0 Å². The van der Waals surface area contributed by atoms with E-state index in [-0.39, 0.29) is 6.29 Å². The Morgan fingerprint density at radius 3 is 2.17 bits per heavy atom. The van der Waals surface area contributed by atoms with Crippen LogP contribution in [0.1, 0.15) is 0 Å². The average molecular weight is 109 g/mol. The van der Waals surface area contributed by atoms with Crippen molar-refractivity contribution in [3.63, 3.8) is 0 Å². The summed E-state index contributed by atoms with van der Waals surface area (Å²) in [6.45, 7) is 1.45. The van der Waals surface area contributed by atoms with Gasteiger partial charge in [-0.15, -0.1) is 0 Å². The standard InChI is InChI=1S/C3H9FNP/c1-6(2,4)3-5/h1,3,5H2,2H3. The van der Waals surface area contributed by atoms with Gasteiger partial charge in [-0.2, -0.15) is 0 Å². The molecule has 0 aromatic rings. The highest BCUT2D eigenvalue weighted by atomic mass is 31.2. The molecule has 6 heavy (non-hydrogen) atoms. The van der Waals surface area contributed by atoms with E-state index >= 15 is 0 Å². The van der Waals surface area contributed by atoms with Crippen molar-refractivity contribution in [1.82, 2.24) is 0 Å². The van der Waals surface area contributed by atoms with Crippen molar-refractivity contribution in [2.45, 2.75) is 0 Å². The first-order valence-electron chi connectivity index (χ1n) is 1.66. The summed E-state index contributed by atoms with van der Waals surface area (Å²) in [6.07, 6.45) is 3.31. The number of hydrogen-bond donors (Lipinski definition) is 1. The Morgan fingerprint density at radius 2 is 2.17 bits per heavy atom. The summed E-state index contributed by atoms with van der Waals surface area (Å²) in [6, 6.07) is 0. The third kappa shape index (κ3) is 4.19. The van der Waals surface area contributed by atoms with Crippen LogP contribution in [0.15, 0.2) is 0 Å². The molecular weight excluding hydrogens is 100 g/mol. The van der Waals surface area contributed by atoms with Crippen molar-refractivity contribution < 1.29 is 4.20 Å². The molecule has 0 aliphatic carbocycles. The predicted molar refractivity (Wildman–Crippen MR) is 30.1 cm³/mol. The fourth-order valence-electron chi connectivity index (χ4n) is 0. The quantitative estimate of drug-likeness (QED) is 0.496. The van der Waals surface area contributed by atoms with E-state index in [2.05, 4.69) is 6.30 Å². The summed E-state index contributed by atoms with van der Waals surface area (Å²) in [4.78, 5) is 0. The minimum atomic E-state index is -2.37. The van der Waals surface area contributed by atoms with Crippen molar-refractivity contribution >= 4 is 13.5 Å². The third-order valence-corrected chi connectivity index (χ3v) is 1.14. The minimum Gasteiger partial charge on any atom is -0.325 e. The van der Waals surface area contributed by atoms with E-state index in [1.165, 1.54) is 6.66 Å². The van der Waals surface area contributed by atoms with E-state index in [0.29, 0.717) is 0 Å². The normalized spacial score (nSPS) is 19.8. The second kappa shape index (κ2) is 1.76. The van der Waals surface area contributed by atoms with Gasteiger partial charge in [-0.3, -0.25) is 0 Å². The fourth-order valence-corrected chi connectivity index (χ4v) is 0. The molecule has 0 aromatic heterocycles. The van der Waals surface area contributed by atoms with Gasteiger partial charge in [0.25, 0.3) is 0 Å². The lowest BCUT2D eigenvalue weighted by Crippen LogP contribution is -1.94. The van der Waals surface area contributed by atoms with E-state index in [9.17, 15) is 4.20 Å². The topological polar surface area (TPSA) is 26.0 Å². The first-order chi connectivity index (χ1) is 2.56. The zero-order valence-corrected chi connectivity index (χ0v) is 4.71. The maximum atomic E-state index is 12.0. The van der Waals surface area contributed by atoms with E-state index < -0.39 is 7.20 Å². The molecule has 0 heterocycles. The summed E-state index contributed by atoms with van der Waals surface area (Å²) < 4.78 is 12.0. The molecule has 1 nitrogen and oxygen atoms in total. The van der Waals surface area contributed by atoms with Crippen LogP contribution in [-0.4, -0.2) is 19.3 Å². The van der Waals surface area contributed by atoms with Crippen molar-refractivity contribution in [3.05, 3.63) is 0 Å². The SMILES string of the molecule is C=P(C)(F)CN. The molecule has 0 saturated carbocycles. The van der Waals surface area contributed by atoms with Gasteiger partial charge < -0.3 is 5.73 Å². The second-order valence-electron chi connectivity index (χ2n) is 1.45. The van der Waals surface area contributed by atoms with Crippen LogP contribution in [0.4, 0.5) is 4.20 Å². The van der Waals surface area contributed by atoms with Crippen LogP contribution in [0.25, 0.3) is 0 Å². The molecule has 0 fully saturated rings. The molecule has 0 rings (SSSR count). The maximum Gasteiger partial charge on any atom is 0.0592 e. The molecule has 2 N–H and O–H groups in total. The first kappa shape index (κ1) is 6.19. The summed E-state index contributed by atoms with van der Waals surface area (Å²) in [5.41, 5.74) is 4.92. The molecule has 0 aromatic carbocycles. The number of rotatable bonds is 1. The van der Waals surface area contributed by atoms with Crippen molar-refractivity contribution in [2.75, 3.05) is 13.0 Å². The zero-order valence-electron chi connectivity index (χ0n) is 3.82. The molecule has 0 amide bonds. The van der Waals surface area contributed by atoms with E-state index in [0.717, 1.165) is 0 Å². The van der Waals surface area contributed by atoms with Crippen LogP contribution in [0.2, 0.25) is 0 Å². The highest BCUT2D eigenvalue weighted by Gasteiger charge is 1.95. The summed E-state index contributed by atoms with van der Waals surface area (Å²) in [7, 11) is -2.37. The highest BCUT2D eigenvalue weighted by molar-refractivity contribution is 7.67. The molecule has 0 saturated heterocycles. The lowest BCUT2D eigenvalue weighted by Gasteiger charge is -1.98. The lowest BCUT2D eigenvalue weighted by molar-refractivity contribution is 0.886. The van der Waals surface area contributed by atoms with Crippen molar-refractivity contribution in [2.24, 2.45) is 5.73 Å². The summed E-state index contributed by atoms with van der Waals surface area (Å²) >= 11 is 0. The molecule has 38 valence electrons. The van der Waals surface area contributed by atoms with Crippen LogP contribution in [0.3, 0.4) is 0 Å². The smallest absolute Gasteiger partial charge is 0.0592 e. The molecule has 1 unspecified atom stereocenters. The predicted octanol–water partition coefficient (Wildman–Crippen LogP) is 0.867. The maximum absolute atomic E-state index is 12.0.